The van der Waals surface area contributed by atoms with Crippen molar-refractivity contribution < 1.29 is 9.90 Å². The highest BCUT2D eigenvalue weighted by Gasteiger charge is 2.33. The highest BCUT2D eigenvalue weighted by atomic mass is 16.3. The molecule has 1 N–H and O–H groups in total. The number of nitrogens with zero attached hydrogens (tertiary/aromatic N) is 4. The standard InChI is InChI=1S/C23H28N4O.CH2O2/c1-25-20-9-3-2-7-17(20)15-19(23(25)28)22-24-11-14-27(22)16-18-8-6-13-26-12-5-4-10-21(18)26;2-1-3/h2-3,7,9,11,14-15,18,21H,4-6,8,10,12-13,16H2,1H3;1H,(H,2,3)/t18-,21+;/m0./s1. The van der Waals surface area contributed by atoms with Crippen molar-refractivity contribution in [2.24, 2.45) is 13.0 Å². The fourth-order valence-corrected chi connectivity index (χ4v) is 5.33. The summed E-state index contributed by atoms with van der Waals surface area (Å²) in [6, 6.07) is 10.7. The zero-order chi connectivity index (χ0) is 21.8. The van der Waals surface area contributed by atoms with Crippen molar-refractivity contribution in [1.82, 2.24) is 19.0 Å². The second kappa shape index (κ2) is 9.47. The van der Waals surface area contributed by atoms with Gasteiger partial charge < -0.3 is 19.1 Å². The van der Waals surface area contributed by atoms with Crippen LogP contribution in [-0.2, 0) is 18.4 Å². The van der Waals surface area contributed by atoms with E-state index in [4.69, 9.17) is 9.90 Å². The van der Waals surface area contributed by atoms with Gasteiger partial charge in [0.1, 0.15) is 5.82 Å². The van der Waals surface area contributed by atoms with Gasteiger partial charge in [0.2, 0.25) is 0 Å². The molecule has 4 heterocycles. The Balaban J connectivity index is 0.000000730. The minimum Gasteiger partial charge on any atom is -0.483 e. The van der Waals surface area contributed by atoms with Crippen molar-refractivity contribution in [3.8, 4) is 11.4 Å². The molecule has 1 aromatic carbocycles. The number of rotatable bonds is 3. The van der Waals surface area contributed by atoms with Crippen LogP contribution in [0.2, 0.25) is 0 Å². The van der Waals surface area contributed by atoms with Gasteiger partial charge in [0, 0.05) is 32.0 Å². The molecule has 3 aromatic rings. The van der Waals surface area contributed by atoms with Crippen molar-refractivity contribution in [1.29, 1.82) is 0 Å². The van der Waals surface area contributed by atoms with E-state index >= 15 is 0 Å². The molecule has 0 amide bonds. The molecule has 2 aliphatic heterocycles. The third kappa shape index (κ3) is 4.28. The first-order valence-corrected chi connectivity index (χ1v) is 11.1. The van der Waals surface area contributed by atoms with Crippen LogP contribution in [-0.4, -0.2) is 49.7 Å². The lowest BCUT2D eigenvalue weighted by Crippen LogP contribution is -2.49. The molecule has 7 heteroatoms. The van der Waals surface area contributed by atoms with Crippen molar-refractivity contribution in [2.75, 3.05) is 13.1 Å². The van der Waals surface area contributed by atoms with Crippen LogP contribution in [0.5, 0.6) is 0 Å². The van der Waals surface area contributed by atoms with E-state index in [1.54, 1.807) is 4.57 Å². The lowest BCUT2D eigenvalue weighted by atomic mass is 9.83. The number of para-hydroxylation sites is 1. The quantitative estimate of drug-likeness (QED) is 0.655. The molecule has 0 saturated carbocycles. The van der Waals surface area contributed by atoms with Crippen LogP contribution >= 0.6 is 0 Å². The van der Waals surface area contributed by atoms with E-state index in [-0.39, 0.29) is 12.0 Å². The largest absolute Gasteiger partial charge is 0.483 e. The highest BCUT2D eigenvalue weighted by molar-refractivity contribution is 5.83. The summed E-state index contributed by atoms with van der Waals surface area (Å²) in [5, 5.41) is 7.96. The first kappa shape index (κ1) is 21.3. The first-order valence-electron chi connectivity index (χ1n) is 11.1. The Labute approximate surface area is 181 Å². The number of aryl methyl sites for hydroxylation is 1. The van der Waals surface area contributed by atoms with E-state index in [1.165, 1.54) is 45.2 Å². The maximum Gasteiger partial charge on any atom is 0.290 e. The van der Waals surface area contributed by atoms with Crippen molar-refractivity contribution in [2.45, 2.75) is 44.7 Å². The normalized spacial score (nSPS) is 21.2. The van der Waals surface area contributed by atoms with Gasteiger partial charge in [-0.05, 0) is 62.2 Å². The van der Waals surface area contributed by atoms with E-state index in [1.807, 2.05) is 43.7 Å². The molecule has 5 rings (SSSR count). The summed E-state index contributed by atoms with van der Waals surface area (Å²) in [5.74, 6) is 1.45. The van der Waals surface area contributed by atoms with E-state index in [2.05, 4.69) is 20.5 Å². The minimum atomic E-state index is -0.250. The fraction of sp³-hybridized carbons (Fsp3) is 0.458. The molecule has 2 aliphatic rings. The fourth-order valence-electron chi connectivity index (χ4n) is 5.33. The molecule has 31 heavy (non-hydrogen) atoms. The van der Waals surface area contributed by atoms with Crippen LogP contribution in [0.25, 0.3) is 22.3 Å². The molecule has 2 fully saturated rings. The number of aromatic nitrogens is 3. The number of imidazole rings is 1. The summed E-state index contributed by atoms with van der Waals surface area (Å²) >= 11 is 0. The maximum atomic E-state index is 13.1. The van der Waals surface area contributed by atoms with Crippen LogP contribution in [0.15, 0.2) is 47.5 Å². The number of piperidine rings is 2. The Morgan fingerprint density at radius 1 is 1.16 bits per heavy atom. The second-order valence-corrected chi connectivity index (χ2v) is 8.49. The van der Waals surface area contributed by atoms with E-state index in [0.717, 1.165) is 23.3 Å². The summed E-state index contributed by atoms with van der Waals surface area (Å²) in [7, 11) is 1.85. The molecule has 0 spiro atoms. The van der Waals surface area contributed by atoms with Crippen molar-refractivity contribution in [3.63, 3.8) is 0 Å². The average molecular weight is 423 g/mol. The maximum absolute atomic E-state index is 13.1. The summed E-state index contributed by atoms with van der Waals surface area (Å²) in [6.45, 7) is 3.21. The highest BCUT2D eigenvalue weighted by Crippen LogP contribution is 2.32. The molecule has 0 bridgehead atoms. The Morgan fingerprint density at radius 3 is 2.77 bits per heavy atom. The molecule has 2 saturated heterocycles. The Kier molecular flexibility index (Phi) is 6.51. The SMILES string of the molecule is Cn1c(=O)c(-c2nccn2C[C@@H]2CCCN3CCCC[C@H]23)cc2ccccc21.O=CO. The van der Waals surface area contributed by atoms with Crippen LogP contribution in [0.3, 0.4) is 0 Å². The number of carbonyl (C=O) groups is 1. The van der Waals surface area contributed by atoms with Gasteiger partial charge in [-0.1, -0.05) is 24.6 Å². The van der Waals surface area contributed by atoms with Gasteiger partial charge >= 0.3 is 0 Å². The third-order valence-corrected chi connectivity index (χ3v) is 6.75. The average Bonchev–Trinajstić information content (AvgIpc) is 3.25. The van der Waals surface area contributed by atoms with Gasteiger partial charge in [-0.3, -0.25) is 9.59 Å². The van der Waals surface area contributed by atoms with E-state index in [0.29, 0.717) is 17.5 Å². The molecule has 2 atom stereocenters. The zero-order valence-electron chi connectivity index (χ0n) is 18.0. The molecule has 2 aromatic heterocycles. The van der Waals surface area contributed by atoms with Gasteiger partial charge in [0.15, 0.2) is 0 Å². The number of carboxylic acid groups (broad SMARTS) is 1. The van der Waals surface area contributed by atoms with Crippen LogP contribution in [0, 0.1) is 5.92 Å². The van der Waals surface area contributed by atoms with Crippen LogP contribution in [0.1, 0.15) is 32.1 Å². The lowest BCUT2D eigenvalue weighted by molar-refractivity contribution is -0.122. The predicted molar refractivity (Wildman–Crippen MR) is 121 cm³/mol. The summed E-state index contributed by atoms with van der Waals surface area (Å²) in [4.78, 5) is 28.7. The van der Waals surface area contributed by atoms with Gasteiger partial charge in [0.05, 0.1) is 11.1 Å². The number of fused-ring (bicyclic) bond motifs is 2. The molecule has 0 aliphatic carbocycles. The summed E-state index contributed by atoms with van der Waals surface area (Å²) < 4.78 is 3.96. The van der Waals surface area contributed by atoms with Gasteiger partial charge in [-0.25, -0.2) is 4.98 Å². The smallest absolute Gasteiger partial charge is 0.290 e. The minimum absolute atomic E-state index is 0.0223. The molecule has 0 radical (unpaired) electrons. The summed E-state index contributed by atoms with van der Waals surface area (Å²) in [6.07, 6.45) is 10.4. The van der Waals surface area contributed by atoms with Crippen molar-refractivity contribution >= 4 is 17.4 Å². The number of hydrogen-bond acceptors (Lipinski definition) is 4. The Bertz CT molecular complexity index is 1100. The lowest BCUT2D eigenvalue weighted by Gasteiger charge is -2.44. The monoisotopic (exact) mass is 422 g/mol. The van der Waals surface area contributed by atoms with Gasteiger partial charge in [-0.2, -0.15) is 0 Å². The van der Waals surface area contributed by atoms with Gasteiger partial charge in [-0.15, -0.1) is 0 Å². The predicted octanol–water partition coefficient (Wildman–Crippen LogP) is 3.37. The second-order valence-electron chi connectivity index (χ2n) is 8.49. The third-order valence-electron chi connectivity index (χ3n) is 6.75. The molecule has 7 nitrogen and oxygen atoms in total. The van der Waals surface area contributed by atoms with Crippen molar-refractivity contribution in [3.05, 3.63) is 53.1 Å². The molecular weight excluding hydrogens is 392 g/mol. The molecular formula is C24H30N4O3. The van der Waals surface area contributed by atoms with E-state index < -0.39 is 0 Å². The Hall–Kier alpha value is -2.93. The number of benzene rings is 1. The van der Waals surface area contributed by atoms with E-state index in [9.17, 15) is 4.79 Å². The van der Waals surface area contributed by atoms with Crippen LogP contribution in [0.4, 0.5) is 0 Å². The number of pyridine rings is 1. The first-order chi connectivity index (χ1) is 15.1. The topological polar surface area (TPSA) is 80.4 Å². The molecule has 164 valence electrons. The molecule has 0 unspecified atom stereocenters. The Morgan fingerprint density at radius 2 is 1.94 bits per heavy atom. The van der Waals surface area contributed by atoms with Crippen LogP contribution < -0.4 is 5.56 Å². The summed E-state index contributed by atoms with van der Waals surface area (Å²) in [5.41, 5.74) is 1.68. The number of hydrogen-bond donors (Lipinski definition) is 1. The van der Waals surface area contributed by atoms with Gasteiger partial charge in [0.25, 0.3) is 12.0 Å². The zero-order valence-corrected chi connectivity index (χ0v) is 18.0.